The molecule has 0 fully saturated rings. The van der Waals surface area contributed by atoms with Crippen LogP contribution in [0.3, 0.4) is 0 Å². The molecule has 32 heavy (non-hydrogen) atoms. The van der Waals surface area contributed by atoms with E-state index in [0.29, 0.717) is 23.4 Å². The molecule has 3 heterocycles. The summed E-state index contributed by atoms with van der Waals surface area (Å²) in [6.45, 7) is 5.40. The standard InChI is InChI=1S/C26H23N3O3/c1-16-4-2-5-18-17(16)6-7-20-22(18)24(30)25(31)23-19-8-12-28(14-21(19)32-26(20)23)10-3-11-29-13-9-27-15-29/h2,4-7,9,13,15H,3,8,10-12,14H2,1H3. The fourth-order valence-corrected chi connectivity index (χ4v) is 5.15. The normalized spacial score (nSPS) is 15.7. The summed E-state index contributed by atoms with van der Waals surface area (Å²) in [5.41, 5.74) is 3.71. The quantitative estimate of drug-likeness (QED) is 0.453. The lowest BCUT2D eigenvalue weighted by molar-refractivity contribution is 0.0815. The maximum absolute atomic E-state index is 13.2. The van der Waals surface area contributed by atoms with Gasteiger partial charge >= 0.3 is 0 Å². The van der Waals surface area contributed by atoms with E-state index in [2.05, 4.69) is 14.5 Å². The number of fused-ring (bicyclic) bond motifs is 7. The summed E-state index contributed by atoms with van der Waals surface area (Å²) in [6.07, 6.45) is 7.33. The van der Waals surface area contributed by atoms with E-state index in [1.807, 2.05) is 49.8 Å². The number of rotatable bonds is 4. The summed E-state index contributed by atoms with van der Waals surface area (Å²) in [5.74, 6) is 0.538. The Hall–Kier alpha value is -3.51. The maximum atomic E-state index is 13.2. The van der Waals surface area contributed by atoms with Crippen LogP contribution in [0.2, 0.25) is 0 Å². The van der Waals surface area contributed by atoms with E-state index in [9.17, 15) is 9.59 Å². The van der Waals surface area contributed by atoms with Crippen LogP contribution in [-0.2, 0) is 19.5 Å². The number of furan rings is 1. The van der Waals surface area contributed by atoms with Gasteiger partial charge in [0.15, 0.2) is 0 Å². The van der Waals surface area contributed by atoms with Crippen molar-refractivity contribution < 1.29 is 14.0 Å². The molecule has 6 heteroatoms. The molecule has 0 spiro atoms. The summed E-state index contributed by atoms with van der Waals surface area (Å²) in [6, 6.07) is 9.83. The van der Waals surface area contributed by atoms with Gasteiger partial charge in [-0.25, -0.2) is 4.98 Å². The summed E-state index contributed by atoms with van der Waals surface area (Å²) < 4.78 is 8.38. The van der Waals surface area contributed by atoms with Crippen molar-refractivity contribution in [3.63, 3.8) is 0 Å². The van der Waals surface area contributed by atoms with Crippen molar-refractivity contribution in [1.29, 1.82) is 0 Å². The van der Waals surface area contributed by atoms with Gasteiger partial charge in [0.2, 0.25) is 11.6 Å². The Balaban J connectivity index is 1.35. The van der Waals surface area contributed by atoms with Crippen LogP contribution in [0.15, 0.2) is 53.5 Å². The van der Waals surface area contributed by atoms with Crippen LogP contribution >= 0.6 is 0 Å². The zero-order chi connectivity index (χ0) is 21.8. The van der Waals surface area contributed by atoms with Crippen molar-refractivity contribution in [1.82, 2.24) is 14.5 Å². The van der Waals surface area contributed by atoms with Crippen LogP contribution in [0, 0.1) is 6.92 Å². The topological polar surface area (TPSA) is 68.3 Å². The number of aryl methyl sites for hydroxylation is 2. The number of ketones is 2. The van der Waals surface area contributed by atoms with Crippen molar-refractivity contribution in [2.45, 2.75) is 32.9 Å². The SMILES string of the molecule is Cc1cccc2c3c(ccc12)-c1oc2c(c1C(=O)C3=O)CCN(CCCn1ccnc1)C2. The minimum absolute atomic E-state index is 0.421. The molecule has 0 bridgehead atoms. The second-order valence-electron chi connectivity index (χ2n) is 8.70. The average molecular weight is 425 g/mol. The van der Waals surface area contributed by atoms with Gasteiger partial charge in [0, 0.05) is 48.7 Å². The van der Waals surface area contributed by atoms with E-state index < -0.39 is 11.6 Å². The molecule has 6 rings (SSSR count). The van der Waals surface area contributed by atoms with E-state index in [1.165, 1.54) is 0 Å². The van der Waals surface area contributed by atoms with E-state index >= 15 is 0 Å². The van der Waals surface area contributed by atoms with Crippen molar-refractivity contribution in [2.24, 2.45) is 0 Å². The molecule has 0 unspecified atom stereocenters. The number of nitrogens with zero attached hydrogens (tertiary/aromatic N) is 3. The number of carbonyl (C=O) groups is 2. The third-order valence-electron chi connectivity index (χ3n) is 6.77. The lowest BCUT2D eigenvalue weighted by Crippen LogP contribution is -2.32. The number of carbonyl (C=O) groups excluding carboxylic acids is 2. The molecule has 2 aromatic carbocycles. The smallest absolute Gasteiger partial charge is 0.237 e. The highest BCUT2D eigenvalue weighted by Gasteiger charge is 2.39. The first kappa shape index (κ1) is 19.2. The molecule has 0 N–H and O–H groups in total. The molecular formula is C26H23N3O3. The van der Waals surface area contributed by atoms with E-state index in [0.717, 1.165) is 65.7 Å². The predicted octanol–water partition coefficient (Wildman–Crippen LogP) is 4.43. The Labute approximate surface area is 185 Å². The van der Waals surface area contributed by atoms with Gasteiger partial charge in [0.05, 0.1) is 18.4 Å². The zero-order valence-corrected chi connectivity index (χ0v) is 17.9. The van der Waals surface area contributed by atoms with Gasteiger partial charge in [-0.2, -0.15) is 0 Å². The van der Waals surface area contributed by atoms with Crippen LogP contribution in [0.5, 0.6) is 0 Å². The molecule has 0 atom stereocenters. The molecule has 2 aliphatic rings. The Morgan fingerprint density at radius 1 is 1.03 bits per heavy atom. The molecule has 0 radical (unpaired) electrons. The lowest BCUT2D eigenvalue weighted by Gasteiger charge is -2.26. The van der Waals surface area contributed by atoms with Crippen LogP contribution < -0.4 is 0 Å². The molecule has 4 aromatic rings. The highest BCUT2D eigenvalue weighted by molar-refractivity contribution is 6.54. The molecular weight excluding hydrogens is 402 g/mol. The number of benzene rings is 2. The Morgan fingerprint density at radius 2 is 1.91 bits per heavy atom. The number of hydrogen-bond acceptors (Lipinski definition) is 5. The van der Waals surface area contributed by atoms with Gasteiger partial charge in [-0.05, 0) is 42.2 Å². The Bertz CT molecular complexity index is 1380. The molecule has 1 aliphatic carbocycles. The van der Waals surface area contributed by atoms with E-state index in [4.69, 9.17) is 4.42 Å². The van der Waals surface area contributed by atoms with Gasteiger partial charge in [0.1, 0.15) is 11.5 Å². The van der Waals surface area contributed by atoms with Crippen molar-refractivity contribution >= 4 is 22.3 Å². The second kappa shape index (κ2) is 7.28. The lowest BCUT2D eigenvalue weighted by atomic mass is 9.82. The third-order valence-corrected chi connectivity index (χ3v) is 6.77. The van der Waals surface area contributed by atoms with Gasteiger partial charge in [-0.1, -0.05) is 24.3 Å². The number of Topliss-reactive ketones (excluding diaryl/α,β-unsaturated/α-hetero) is 2. The number of hydrogen-bond donors (Lipinski definition) is 0. The minimum atomic E-state index is -0.430. The van der Waals surface area contributed by atoms with Gasteiger partial charge in [-0.3, -0.25) is 14.5 Å². The highest BCUT2D eigenvalue weighted by Crippen LogP contribution is 2.43. The van der Waals surface area contributed by atoms with Crippen LogP contribution in [0.1, 0.15) is 44.0 Å². The van der Waals surface area contributed by atoms with Gasteiger partial charge < -0.3 is 8.98 Å². The maximum Gasteiger partial charge on any atom is 0.237 e. The van der Waals surface area contributed by atoms with Crippen LogP contribution in [0.4, 0.5) is 0 Å². The van der Waals surface area contributed by atoms with Crippen molar-refractivity contribution in [3.05, 3.63) is 77.1 Å². The Morgan fingerprint density at radius 3 is 2.75 bits per heavy atom. The fourth-order valence-electron chi connectivity index (χ4n) is 5.15. The molecule has 2 aromatic heterocycles. The minimum Gasteiger partial charge on any atom is -0.459 e. The summed E-state index contributed by atoms with van der Waals surface area (Å²) in [7, 11) is 0. The number of imidazole rings is 1. The fraction of sp³-hybridized carbons (Fsp3) is 0.269. The van der Waals surface area contributed by atoms with Crippen molar-refractivity contribution in [2.75, 3.05) is 13.1 Å². The van der Waals surface area contributed by atoms with Crippen molar-refractivity contribution in [3.8, 4) is 11.3 Å². The Kier molecular flexibility index (Phi) is 4.36. The molecule has 6 nitrogen and oxygen atoms in total. The third kappa shape index (κ3) is 2.87. The second-order valence-corrected chi connectivity index (χ2v) is 8.70. The molecule has 0 saturated heterocycles. The van der Waals surface area contributed by atoms with Gasteiger partial charge in [-0.15, -0.1) is 0 Å². The van der Waals surface area contributed by atoms with E-state index in [-0.39, 0.29) is 0 Å². The van der Waals surface area contributed by atoms with Gasteiger partial charge in [0.25, 0.3) is 0 Å². The first-order chi connectivity index (χ1) is 15.6. The predicted molar refractivity (Wildman–Crippen MR) is 121 cm³/mol. The van der Waals surface area contributed by atoms with Crippen LogP contribution in [-0.4, -0.2) is 39.1 Å². The molecule has 160 valence electrons. The largest absolute Gasteiger partial charge is 0.459 e. The molecule has 1 aliphatic heterocycles. The first-order valence-electron chi connectivity index (χ1n) is 11.1. The van der Waals surface area contributed by atoms with E-state index in [1.54, 1.807) is 6.20 Å². The summed E-state index contributed by atoms with van der Waals surface area (Å²) >= 11 is 0. The zero-order valence-electron chi connectivity index (χ0n) is 17.9. The monoisotopic (exact) mass is 425 g/mol. The summed E-state index contributed by atoms with van der Waals surface area (Å²) in [5, 5.41) is 1.82. The molecule has 0 saturated carbocycles. The number of aromatic nitrogens is 2. The summed E-state index contributed by atoms with van der Waals surface area (Å²) in [4.78, 5) is 32.8. The average Bonchev–Trinajstić information content (AvgIpc) is 3.45. The highest BCUT2D eigenvalue weighted by atomic mass is 16.3. The first-order valence-corrected chi connectivity index (χ1v) is 11.1. The molecule has 0 amide bonds. The van der Waals surface area contributed by atoms with Crippen LogP contribution in [0.25, 0.3) is 22.1 Å².